The number of hydrogen-bond donors (Lipinski definition) is 2. The van der Waals surface area contributed by atoms with Crippen molar-refractivity contribution in [3.8, 4) is 0 Å². The average molecular weight is 156 g/mol. The molecule has 0 atom stereocenters. The molecule has 0 saturated heterocycles. The Labute approximate surface area is 64.0 Å². The van der Waals surface area contributed by atoms with E-state index in [4.69, 9.17) is 12.2 Å². The minimum atomic E-state index is 0.635. The van der Waals surface area contributed by atoms with Crippen LogP contribution >= 0.6 is 12.2 Å². The van der Waals surface area contributed by atoms with Crippen LogP contribution in [0.4, 0.5) is 0 Å². The third-order valence-electron chi connectivity index (χ3n) is 0.985. The van der Waals surface area contributed by atoms with E-state index >= 15 is 0 Å². The van der Waals surface area contributed by atoms with Gasteiger partial charge in [-0.25, -0.2) is 0 Å². The van der Waals surface area contributed by atoms with Crippen LogP contribution in [-0.2, 0) is 0 Å². The SMILES string of the molecule is CCNC(=S)c1cn[nH]n1. The highest BCUT2D eigenvalue weighted by Crippen LogP contribution is 1.88. The summed E-state index contributed by atoms with van der Waals surface area (Å²) in [7, 11) is 0. The molecular weight excluding hydrogens is 148 g/mol. The molecule has 2 N–H and O–H groups in total. The predicted molar refractivity (Wildman–Crippen MR) is 41.8 cm³/mol. The fourth-order valence-corrected chi connectivity index (χ4v) is 0.805. The molecular formula is C5H8N4S. The van der Waals surface area contributed by atoms with Crippen LogP contribution in [0.1, 0.15) is 12.6 Å². The molecule has 0 spiro atoms. The fourth-order valence-electron chi connectivity index (χ4n) is 0.562. The number of thiocarbonyl (C=S) groups is 1. The van der Waals surface area contributed by atoms with Crippen molar-refractivity contribution in [2.24, 2.45) is 0 Å². The standard InChI is InChI=1S/C5H8N4S/c1-2-6-5(10)4-3-7-9-8-4/h3H,2H2,1H3,(H,6,10)(H,7,8,9). The van der Waals surface area contributed by atoms with Crippen LogP contribution in [0.3, 0.4) is 0 Å². The number of aromatic amines is 1. The highest BCUT2D eigenvalue weighted by Gasteiger charge is 1.99. The Morgan fingerprint density at radius 1 is 1.90 bits per heavy atom. The summed E-state index contributed by atoms with van der Waals surface area (Å²) in [6, 6.07) is 0. The Bertz CT molecular complexity index is 205. The maximum atomic E-state index is 4.94. The lowest BCUT2D eigenvalue weighted by Gasteiger charge is -1.98. The van der Waals surface area contributed by atoms with Gasteiger partial charge in [0.15, 0.2) is 0 Å². The normalized spacial score (nSPS) is 9.30. The Kier molecular flexibility index (Phi) is 2.33. The molecule has 54 valence electrons. The van der Waals surface area contributed by atoms with Gasteiger partial charge < -0.3 is 5.32 Å². The van der Waals surface area contributed by atoms with E-state index in [1.54, 1.807) is 6.20 Å². The highest BCUT2D eigenvalue weighted by molar-refractivity contribution is 7.80. The van der Waals surface area contributed by atoms with Gasteiger partial charge in [0.2, 0.25) is 0 Å². The smallest absolute Gasteiger partial charge is 0.139 e. The number of nitrogens with one attached hydrogen (secondary N) is 2. The summed E-state index contributed by atoms with van der Waals surface area (Å²) in [5.41, 5.74) is 0.692. The maximum Gasteiger partial charge on any atom is 0.139 e. The van der Waals surface area contributed by atoms with E-state index < -0.39 is 0 Å². The molecule has 5 heteroatoms. The first-order chi connectivity index (χ1) is 4.84. The first kappa shape index (κ1) is 7.14. The van der Waals surface area contributed by atoms with Gasteiger partial charge in [-0.1, -0.05) is 12.2 Å². The zero-order valence-corrected chi connectivity index (χ0v) is 6.40. The molecule has 0 aliphatic heterocycles. The second kappa shape index (κ2) is 3.26. The van der Waals surface area contributed by atoms with Gasteiger partial charge >= 0.3 is 0 Å². The average Bonchev–Trinajstić information content (AvgIpc) is 2.38. The molecule has 4 nitrogen and oxygen atoms in total. The number of hydrogen-bond acceptors (Lipinski definition) is 3. The van der Waals surface area contributed by atoms with Crippen molar-refractivity contribution in [1.82, 2.24) is 20.7 Å². The molecule has 1 aromatic heterocycles. The lowest BCUT2D eigenvalue weighted by molar-refractivity contribution is 0.928. The van der Waals surface area contributed by atoms with Crippen molar-refractivity contribution in [3.63, 3.8) is 0 Å². The second-order valence-corrected chi connectivity index (χ2v) is 2.12. The number of rotatable bonds is 2. The first-order valence-corrected chi connectivity index (χ1v) is 3.39. The minimum absolute atomic E-state index is 0.635. The van der Waals surface area contributed by atoms with Crippen LogP contribution in [0, 0.1) is 0 Å². The van der Waals surface area contributed by atoms with Gasteiger partial charge in [0.1, 0.15) is 10.7 Å². The highest BCUT2D eigenvalue weighted by atomic mass is 32.1. The number of H-pyrrole nitrogens is 1. The first-order valence-electron chi connectivity index (χ1n) is 2.98. The largest absolute Gasteiger partial charge is 0.375 e. The van der Waals surface area contributed by atoms with Crippen LogP contribution in [0.5, 0.6) is 0 Å². The van der Waals surface area contributed by atoms with Gasteiger partial charge in [-0.05, 0) is 6.92 Å². The molecule has 0 radical (unpaired) electrons. The van der Waals surface area contributed by atoms with Crippen LogP contribution < -0.4 is 5.32 Å². The van der Waals surface area contributed by atoms with Crippen molar-refractivity contribution < 1.29 is 0 Å². The van der Waals surface area contributed by atoms with E-state index in [9.17, 15) is 0 Å². The van der Waals surface area contributed by atoms with Crippen molar-refractivity contribution in [3.05, 3.63) is 11.9 Å². The van der Waals surface area contributed by atoms with Crippen molar-refractivity contribution in [1.29, 1.82) is 0 Å². The summed E-state index contributed by atoms with van der Waals surface area (Å²) < 4.78 is 0. The molecule has 0 aliphatic carbocycles. The number of aromatic nitrogens is 3. The third kappa shape index (κ3) is 1.51. The van der Waals surface area contributed by atoms with Crippen LogP contribution in [0.25, 0.3) is 0 Å². The van der Waals surface area contributed by atoms with Gasteiger partial charge in [0.05, 0.1) is 6.20 Å². The second-order valence-electron chi connectivity index (χ2n) is 1.71. The van der Waals surface area contributed by atoms with E-state index in [-0.39, 0.29) is 0 Å². The van der Waals surface area contributed by atoms with Crippen molar-refractivity contribution in [2.45, 2.75) is 6.92 Å². The molecule has 1 aromatic rings. The van der Waals surface area contributed by atoms with Crippen LogP contribution in [0.2, 0.25) is 0 Å². The molecule has 0 unspecified atom stereocenters. The summed E-state index contributed by atoms with van der Waals surface area (Å²) in [5, 5.41) is 12.9. The third-order valence-corrected chi connectivity index (χ3v) is 1.34. The molecule has 1 rings (SSSR count). The van der Waals surface area contributed by atoms with E-state index in [2.05, 4.69) is 20.7 Å². The van der Waals surface area contributed by atoms with Gasteiger partial charge in [-0.3, -0.25) is 0 Å². The van der Waals surface area contributed by atoms with Gasteiger partial charge in [0.25, 0.3) is 0 Å². The molecule has 0 aromatic carbocycles. The molecule has 0 bridgehead atoms. The Hall–Kier alpha value is -0.970. The molecule has 1 heterocycles. The molecule has 0 amide bonds. The Balaban J connectivity index is 2.59. The Morgan fingerprint density at radius 2 is 2.70 bits per heavy atom. The number of nitrogens with zero attached hydrogens (tertiary/aromatic N) is 2. The van der Waals surface area contributed by atoms with E-state index in [0.717, 1.165) is 6.54 Å². The van der Waals surface area contributed by atoms with E-state index in [0.29, 0.717) is 10.7 Å². The van der Waals surface area contributed by atoms with E-state index in [1.807, 2.05) is 6.92 Å². The topological polar surface area (TPSA) is 53.6 Å². The fraction of sp³-hybridized carbons (Fsp3) is 0.400. The molecule has 0 aliphatic rings. The lowest BCUT2D eigenvalue weighted by atomic mass is 10.5. The summed E-state index contributed by atoms with van der Waals surface area (Å²) in [4.78, 5) is 0.635. The maximum absolute atomic E-state index is 4.94. The summed E-state index contributed by atoms with van der Waals surface area (Å²) >= 11 is 4.94. The zero-order valence-electron chi connectivity index (χ0n) is 5.59. The summed E-state index contributed by atoms with van der Waals surface area (Å²) in [6.45, 7) is 2.79. The predicted octanol–water partition coefficient (Wildman–Crippen LogP) is 0.0897. The Morgan fingerprint density at radius 3 is 3.20 bits per heavy atom. The summed E-state index contributed by atoms with van der Waals surface area (Å²) in [6.07, 6.45) is 1.59. The van der Waals surface area contributed by atoms with Gasteiger partial charge in [0, 0.05) is 6.54 Å². The van der Waals surface area contributed by atoms with Gasteiger partial charge in [-0.15, -0.1) is 0 Å². The van der Waals surface area contributed by atoms with E-state index in [1.165, 1.54) is 0 Å². The quantitative estimate of drug-likeness (QED) is 0.596. The minimum Gasteiger partial charge on any atom is -0.375 e. The molecule has 10 heavy (non-hydrogen) atoms. The molecule has 0 fully saturated rings. The van der Waals surface area contributed by atoms with Gasteiger partial charge in [-0.2, -0.15) is 15.4 Å². The van der Waals surface area contributed by atoms with Crippen molar-refractivity contribution in [2.75, 3.05) is 6.54 Å². The van der Waals surface area contributed by atoms with Crippen molar-refractivity contribution >= 4 is 17.2 Å². The van der Waals surface area contributed by atoms with Crippen LogP contribution in [0.15, 0.2) is 6.20 Å². The summed E-state index contributed by atoms with van der Waals surface area (Å²) in [5.74, 6) is 0. The zero-order chi connectivity index (χ0) is 7.40. The lowest BCUT2D eigenvalue weighted by Crippen LogP contribution is -2.21. The monoisotopic (exact) mass is 156 g/mol. The molecule has 0 saturated carbocycles. The van der Waals surface area contributed by atoms with Crippen LogP contribution in [-0.4, -0.2) is 26.9 Å².